The Morgan fingerprint density at radius 1 is 1.32 bits per heavy atom. The third-order valence-corrected chi connectivity index (χ3v) is 3.04. The largest absolute Gasteiger partial charge is 0.351 e. The van der Waals surface area contributed by atoms with Crippen LogP contribution in [-0.4, -0.2) is 16.1 Å². The summed E-state index contributed by atoms with van der Waals surface area (Å²) in [7, 11) is 0. The van der Waals surface area contributed by atoms with E-state index < -0.39 is 11.7 Å². The molecule has 2 rings (SSSR count). The molecular formula is C12H9FIN3O2. The molecule has 0 fully saturated rings. The van der Waals surface area contributed by atoms with Crippen molar-refractivity contribution in [3.05, 3.63) is 51.6 Å². The number of carbonyl (C=O) groups is 1. The third-order valence-electron chi connectivity index (χ3n) is 2.37. The lowest BCUT2D eigenvalue weighted by atomic mass is 10.2. The fourth-order valence-electron chi connectivity index (χ4n) is 1.49. The summed E-state index contributed by atoms with van der Waals surface area (Å²) in [4.78, 5) is 15.3. The quantitative estimate of drug-likeness (QED) is 0.440. The van der Waals surface area contributed by atoms with Crippen LogP contribution in [0.2, 0.25) is 0 Å². The molecule has 5 nitrogen and oxygen atoms in total. The zero-order valence-corrected chi connectivity index (χ0v) is 11.7. The van der Waals surface area contributed by atoms with Gasteiger partial charge < -0.3 is 5.32 Å². The standard InChI is InChI=1S/C12H9FIN3O2/c13-9-5-7(14)1-2-10(9)16-11-6-15-4-3-8(11)12(18)17-19/h1-6,16,19H,(H,17,18). The molecule has 98 valence electrons. The molecule has 0 bridgehead atoms. The first-order chi connectivity index (χ1) is 9.11. The average molecular weight is 373 g/mol. The number of hydroxylamine groups is 1. The maximum Gasteiger partial charge on any atom is 0.276 e. The Balaban J connectivity index is 2.35. The van der Waals surface area contributed by atoms with Crippen LogP contribution in [0.4, 0.5) is 15.8 Å². The first kappa shape index (κ1) is 13.7. The number of hydrogen-bond donors (Lipinski definition) is 3. The Morgan fingerprint density at radius 2 is 2.11 bits per heavy atom. The van der Waals surface area contributed by atoms with E-state index in [2.05, 4.69) is 10.3 Å². The number of rotatable bonds is 3. The monoisotopic (exact) mass is 373 g/mol. The van der Waals surface area contributed by atoms with Gasteiger partial charge in [-0.25, -0.2) is 9.87 Å². The molecule has 7 heteroatoms. The number of hydrogen-bond acceptors (Lipinski definition) is 4. The van der Waals surface area contributed by atoms with E-state index in [1.165, 1.54) is 30.0 Å². The van der Waals surface area contributed by atoms with Crippen molar-refractivity contribution in [1.82, 2.24) is 10.5 Å². The van der Waals surface area contributed by atoms with E-state index in [0.717, 1.165) is 3.57 Å². The van der Waals surface area contributed by atoms with E-state index >= 15 is 0 Å². The second-order valence-corrected chi connectivity index (χ2v) is 4.86. The summed E-state index contributed by atoms with van der Waals surface area (Å²) < 4.78 is 14.5. The van der Waals surface area contributed by atoms with Crippen LogP contribution in [0.3, 0.4) is 0 Å². The second-order valence-electron chi connectivity index (χ2n) is 3.61. The van der Waals surface area contributed by atoms with Crippen LogP contribution in [0.25, 0.3) is 0 Å². The molecule has 0 spiro atoms. The predicted molar refractivity (Wildman–Crippen MR) is 75.9 cm³/mol. The van der Waals surface area contributed by atoms with Crippen molar-refractivity contribution in [2.45, 2.75) is 0 Å². The lowest BCUT2D eigenvalue weighted by molar-refractivity contribution is 0.0707. The normalized spacial score (nSPS) is 10.1. The van der Waals surface area contributed by atoms with Crippen LogP contribution in [0.5, 0.6) is 0 Å². The number of halogens is 2. The van der Waals surface area contributed by atoms with Crippen molar-refractivity contribution >= 4 is 39.9 Å². The predicted octanol–water partition coefficient (Wildman–Crippen LogP) is 2.69. The first-order valence-corrected chi connectivity index (χ1v) is 6.30. The van der Waals surface area contributed by atoms with Gasteiger partial charge in [0.15, 0.2) is 0 Å². The molecule has 1 heterocycles. The molecule has 3 N–H and O–H groups in total. The number of nitrogens with one attached hydrogen (secondary N) is 2. The van der Waals surface area contributed by atoms with E-state index in [9.17, 15) is 9.18 Å². The topological polar surface area (TPSA) is 74.2 Å². The number of nitrogens with zero attached hydrogens (tertiary/aromatic N) is 1. The number of pyridine rings is 1. The van der Waals surface area contributed by atoms with Crippen molar-refractivity contribution in [3.63, 3.8) is 0 Å². The maximum absolute atomic E-state index is 13.7. The minimum absolute atomic E-state index is 0.162. The molecule has 0 unspecified atom stereocenters. The van der Waals surface area contributed by atoms with Crippen molar-refractivity contribution in [2.24, 2.45) is 0 Å². The Bertz CT molecular complexity index is 622. The molecule has 0 saturated carbocycles. The molecule has 1 aromatic carbocycles. The molecule has 0 saturated heterocycles. The van der Waals surface area contributed by atoms with Crippen LogP contribution >= 0.6 is 22.6 Å². The van der Waals surface area contributed by atoms with Gasteiger partial charge in [0.2, 0.25) is 0 Å². The zero-order valence-electron chi connectivity index (χ0n) is 9.52. The van der Waals surface area contributed by atoms with Crippen LogP contribution in [-0.2, 0) is 0 Å². The number of anilines is 2. The van der Waals surface area contributed by atoms with Crippen LogP contribution < -0.4 is 10.8 Å². The van der Waals surface area contributed by atoms with Gasteiger partial charge in [0.25, 0.3) is 5.91 Å². The molecule has 0 aliphatic rings. The summed E-state index contributed by atoms with van der Waals surface area (Å²) in [6.07, 6.45) is 2.78. The average Bonchev–Trinajstić information content (AvgIpc) is 2.41. The highest BCUT2D eigenvalue weighted by molar-refractivity contribution is 14.1. The van der Waals surface area contributed by atoms with Gasteiger partial charge in [0, 0.05) is 9.77 Å². The van der Waals surface area contributed by atoms with E-state index in [-0.39, 0.29) is 11.3 Å². The smallest absolute Gasteiger partial charge is 0.276 e. The van der Waals surface area contributed by atoms with Gasteiger partial charge in [0.05, 0.1) is 23.1 Å². The summed E-state index contributed by atoms with van der Waals surface area (Å²) in [5.41, 5.74) is 2.21. The Kier molecular flexibility index (Phi) is 4.27. The highest BCUT2D eigenvalue weighted by atomic mass is 127. The van der Waals surface area contributed by atoms with Crippen molar-refractivity contribution in [3.8, 4) is 0 Å². The molecule has 1 aromatic heterocycles. The SMILES string of the molecule is O=C(NO)c1ccncc1Nc1ccc(I)cc1F. The lowest BCUT2D eigenvalue weighted by Gasteiger charge is -2.11. The number of carbonyl (C=O) groups excluding carboxylic acids is 1. The van der Waals surface area contributed by atoms with E-state index in [1.807, 2.05) is 22.6 Å². The van der Waals surface area contributed by atoms with Crippen LogP contribution in [0.1, 0.15) is 10.4 Å². The van der Waals surface area contributed by atoms with E-state index in [1.54, 1.807) is 12.1 Å². The summed E-state index contributed by atoms with van der Waals surface area (Å²) in [5.74, 6) is -1.14. The summed E-state index contributed by atoms with van der Waals surface area (Å²) in [5, 5.41) is 11.4. The fourth-order valence-corrected chi connectivity index (χ4v) is 1.94. The van der Waals surface area contributed by atoms with Gasteiger partial charge in [-0.1, -0.05) is 0 Å². The van der Waals surface area contributed by atoms with Gasteiger partial charge in [-0.15, -0.1) is 0 Å². The van der Waals surface area contributed by atoms with E-state index in [0.29, 0.717) is 5.69 Å². The highest BCUT2D eigenvalue weighted by Crippen LogP contribution is 2.23. The summed E-state index contributed by atoms with van der Waals surface area (Å²) >= 11 is 2.00. The minimum Gasteiger partial charge on any atom is -0.351 e. The molecule has 0 aliphatic carbocycles. The highest BCUT2D eigenvalue weighted by Gasteiger charge is 2.12. The number of benzene rings is 1. The molecule has 0 radical (unpaired) electrons. The maximum atomic E-state index is 13.7. The molecule has 0 aliphatic heterocycles. The van der Waals surface area contributed by atoms with Gasteiger partial charge in [0.1, 0.15) is 5.82 Å². The van der Waals surface area contributed by atoms with Crippen molar-refractivity contribution in [1.29, 1.82) is 0 Å². The first-order valence-electron chi connectivity index (χ1n) is 5.22. The van der Waals surface area contributed by atoms with Crippen LogP contribution in [0, 0.1) is 9.39 Å². The third kappa shape index (κ3) is 3.18. The van der Waals surface area contributed by atoms with Gasteiger partial charge in [-0.05, 0) is 46.9 Å². The Morgan fingerprint density at radius 3 is 2.79 bits per heavy atom. The second kappa shape index (κ2) is 5.93. The minimum atomic E-state index is -0.698. The van der Waals surface area contributed by atoms with Gasteiger partial charge >= 0.3 is 0 Å². The van der Waals surface area contributed by atoms with Crippen molar-refractivity contribution < 1.29 is 14.4 Å². The number of aromatic nitrogens is 1. The Labute approximate surface area is 122 Å². The molecule has 1 amide bonds. The van der Waals surface area contributed by atoms with E-state index in [4.69, 9.17) is 5.21 Å². The summed E-state index contributed by atoms with van der Waals surface area (Å²) in [6.45, 7) is 0. The van der Waals surface area contributed by atoms with Gasteiger partial charge in [-0.3, -0.25) is 15.0 Å². The van der Waals surface area contributed by atoms with Crippen LogP contribution in [0.15, 0.2) is 36.7 Å². The molecule has 2 aromatic rings. The molecule has 19 heavy (non-hydrogen) atoms. The zero-order chi connectivity index (χ0) is 13.8. The van der Waals surface area contributed by atoms with Crippen molar-refractivity contribution in [2.75, 3.05) is 5.32 Å². The number of amides is 1. The lowest BCUT2D eigenvalue weighted by Crippen LogP contribution is -2.20. The molecule has 0 atom stereocenters. The van der Waals surface area contributed by atoms with Gasteiger partial charge in [-0.2, -0.15) is 0 Å². The fraction of sp³-hybridized carbons (Fsp3) is 0. The molecular weight excluding hydrogens is 364 g/mol. The summed E-state index contributed by atoms with van der Waals surface area (Å²) in [6, 6.07) is 6.07. The Hall–Kier alpha value is -1.74.